The first-order valence-electron chi connectivity index (χ1n) is 15.7. The lowest BCUT2D eigenvalue weighted by atomic mass is 10.1. The van der Waals surface area contributed by atoms with Gasteiger partial charge in [0.25, 0.3) is 0 Å². The summed E-state index contributed by atoms with van der Waals surface area (Å²) in [4.78, 5) is 18.0. The Morgan fingerprint density at radius 1 is 0.936 bits per heavy atom. The number of benzene rings is 3. The molecule has 11 heteroatoms. The maximum absolute atomic E-state index is 6.60. The average molecular weight is 672 g/mol. The highest BCUT2D eigenvalue weighted by molar-refractivity contribution is 6.35. The van der Waals surface area contributed by atoms with Crippen molar-refractivity contribution in [3.63, 3.8) is 0 Å². The van der Waals surface area contributed by atoms with Gasteiger partial charge in [0.2, 0.25) is 5.79 Å². The third-order valence-electron chi connectivity index (χ3n) is 8.57. The van der Waals surface area contributed by atoms with Gasteiger partial charge >= 0.3 is 0 Å². The number of hydrogen-bond acceptors (Lipinski definition) is 8. The lowest BCUT2D eigenvalue weighted by Crippen LogP contribution is -2.45. The number of rotatable bonds is 10. The van der Waals surface area contributed by atoms with Crippen LogP contribution in [0.3, 0.4) is 0 Å². The highest BCUT2D eigenvalue weighted by atomic mass is 35.5. The predicted octanol–water partition coefficient (Wildman–Crippen LogP) is 6.62. The van der Waals surface area contributed by atoms with E-state index >= 15 is 0 Å². The Morgan fingerprint density at radius 3 is 2.47 bits per heavy atom. The normalized spacial score (nSPS) is 20.1. The molecule has 9 nitrogen and oxygen atoms in total. The summed E-state index contributed by atoms with van der Waals surface area (Å²) in [5, 5.41) is 1.04. The van der Waals surface area contributed by atoms with E-state index in [1.807, 2.05) is 48.1 Å². The molecule has 2 aromatic heterocycles. The second kappa shape index (κ2) is 14.0. The zero-order chi connectivity index (χ0) is 32.2. The maximum atomic E-state index is 6.60. The van der Waals surface area contributed by atoms with Gasteiger partial charge in [-0.25, -0.2) is 15.0 Å². The quantitative estimate of drug-likeness (QED) is 0.164. The van der Waals surface area contributed by atoms with E-state index in [2.05, 4.69) is 61.1 Å². The molecule has 242 valence electrons. The van der Waals surface area contributed by atoms with Crippen LogP contribution in [0.2, 0.25) is 10.0 Å². The summed E-state index contributed by atoms with van der Waals surface area (Å²) in [5.74, 6) is 0.472. The SMILES string of the molecule is Cc1ccnc(-c2ccc(CN3CCN(c4ccc(OC[C@@H]5CO[C@@](Cn6ccnc6)(c6ccc(Cl)cc6Cl)O5)cc4)CC3)cc2)n1. The van der Waals surface area contributed by atoms with Crippen molar-refractivity contribution in [2.24, 2.45) is 0 Å². The van der Waals surface area contributed by atoms with Crippen LogP contribution in [0.5, 0.6) is 5.75 Å². The lowest BCUT2D eigenvalue weighted by molar-refractivity contribution is -0.189. The van der Waals surface area contributed by atoms with Crippen molar-refractivity contribution < 1.29 is 14.2 Å². The van der Waals surface area contributed by atoms with Gasteiger partial charge in [-0.3, -0.25) is 4.90 Å². The van der Waals surface area contributed by atoms with Gasteiger partial charge in [0.05, 0.1) is 24.5 Å². The summed E-state index contributed by atoms with van der Waals surface area (Å²) in [6, 6.07) is 24.1. The molecule has 0 radical (unpaired) electrons. The number of aromatic nitrogens is 4. The first-order chi connectivity index (χ1) is 22.9. The van der Waals surface area contributed by atoms with Crippen molar-refractivity contribution in [3.8, 4) is 17.1 Å². The molecule has 2 aliphatic rings. The topological polar surface area (TPSA) is 77.8 Å². The highest BCUT2D eigenvalue weighted by Crippen LogP contribution is 2.40. The molecular weight excluding hydrogens is 635 g/mol. The molecular formula is C36H36Cl2N6O3. The molecule has 0 unspecified atom stereocenters. The van der Waals surface area contributed by atoms with Gasteiger partial charge in [0.15, 0.2) is 5.82 Å². The number of anilines is 1. The van der Waals surface area contributed by atoms with Crippen LogP contribution >= 0.6 is 23.2 Å². The Labute approximate surface area is 284 Å². The van der Waals surface area contributed by atoms with Gasteiger partial charge in [0.1, 0.15) is 18.5 Å². The van der Waals surface area contributed by atoms with Crippen LogP contribution in [0.15, 0.2) is 97.7 Å². The molecule has 2 aliphatic heterocycles. The largest absolute Gasteiger partial charge is 0.491 e. The lowest BCUT2D eigenvalue weighted by Gasteiger charge is -2.36. The molecule has 0 saturated carbocycles. The third-order valence-corrected chi connectivity index (χ3v) is 9.12. The van der Waals surface area contributed by atoms with Crippen LogP contribution in [0.4, 0.5) is 5.69 Å². The first kappa shape index (κ1) is 31.6. The Bertz CT molecular complexity index is 1780. The van der Waals surface area contributed by atoms with E-state index in [9.17, 15) is 0 Å². The molecule has 5 aromatic rings. The second-order valence-electron chi connectivity index (χ2n) is 11.9. The summed E-state index contributed by atoms with van der Waals surface area (Å²) < 4.78 is 20.9. The van der Waals surface area contributed by atoms with Gasteiger partial charge in [-0.2, -0.15) is 0 Å². The first-order valence-corrected chi connectivity index (χ1v) is 16.5. The van der Waals surface area contributed by atoms with Crippen LogP contribution in [-0.2, 0) is 28.4 Å². The molecule has 0 aliphatic carbocycles. The standard InChI is InChI=1S/C36H36Cl2N6O3/c1-26-12-13-40-35(41-26)28-4-2-27(3-5-28)21-42-16-18-44(19-17-42)30-7-9-31(10-8-30)45-22-32-23-46-36(47-32,24-43-15-14-39-25-43)33-11-6-29(37)20-34(33)38/h2-15,20,25,32H,16-19,21-24H2,1H3/t32-,36-/m1/s1. The van der Waals surface area contributed by atoms with E-state index in [0.717, 1.165) is 61.1 Å². The molecule has 0 bridgehead atoms. The summed E-state index contributed by atoms with van der Waals surface area (Å²) in [6.07, 6.45) is 6.84. The summed E-state index contributed by atoms with van der Waals surface area (Å²) in [5.41, 5.74) is 5.22. The van der Waals surface area contributed by atoms with Gasteiger partial charge in [0, 0.05) is 78.8 Å². The van der Waals surface area contributed by atoms with Crippen molar-refractivity contribution in [2.45, 2.75) is 31.9 Å². The van der Waals surface area contributed by atoms with Crippen molar-refractivity contribution in [1.29, 1.82) is 0 Å². The molecule has 0 N–H and O–H groups in total. The van der Waals surface area contributed by atoms with Gasteiger partial charge in [-0.15, -0.1) is 0 Å². The smallest absolute Gasteiger partial charge is 0.215 e. The zero-order valence-electron chi connectivity index (χ0n) is 26.1. The Kier molecular flexibility index (Phi) is 9.42. The third kappa shape index (κ3) is 7.45. The van der Waals surface area contributed by atoms with Crippen LogP contribution in [-0.4, -0.2) is 69.9 Å². The van der Waals surface area contributed by atoms with Gasteiger partial charge in [-0.05, 0) is 55.0 Å². The number of ether oxygens (including phenoxy) is 3. The second-order valence-corrected chi connectivity index (χ2v) is 12.8. The number of piperazine rings is 1. The summed E-state index contributed by atoms with van der Waals surface area (Å²) >= 11 is 12.8. The number of imidazole rings is 1. The number of hydrogen-bond donors (Lipinski definition) is 0. The molecule has 0 amide bonds. The average Bonchev–Trinajstić information content (AvgIpc) is 3.75. The fourth-order valence-corrected chi connectivity index (χ4v) is 6.64. The zero-order valence-corrected chi connectivity index (χ0v) is 27.6. The minimum Gasteiger partial charge on any atom is -0.491 e. The highest BCUT2D eigenvalue weighted by Gasteiger charge is 2.45. The van der Waals surface area contributed by atoms with E-state index < -0.39 is 5.79 Å². The Hall–Kier alpha value is -3.99. The van der Waals surface area contributed by atoms with Crippen LogP contribution in [0, 0.1) is 6.92 Å². The monoisotopic (exact) mass is 670 g/mol. The van der Waals surface area contributed by atoms with E-state index in [-0.39, 0.29) is 6.10 Å². The molecule has 2 fully saturated rings. The molecule has 4 heterocycles. The molecule has 2 atom stereocenters. The predicted molar refractivity (Wildman–Crippen MR) is 183 cm³/mol. The Morgan fingerprint density at radius 2 is 1.74 bits per heavy atom. The fraction of sp³-hybridized carbons (Fsp3) is 0.306. The molecule has 2 saturated heterocycles. The Balaban J connectivity index is 0.905. The molecule has 47 heavy (non-hydrogen) atoms. The van der Waals surface area contributed by atoms with Gasteiger partial charge in [-0.1, -0.05) is 53.5 Å². The maximum Gasteiger partial charge on any atom is 0.215 e. The minimum atomic E-state index is -1.08. The minimum absolute atomic E-state index is 0.287. The van der Waals surface area contributed by atoms with E-state index in [1.165, 1.54) is 11.3 Å². The summed E-state index contributed by atoms with van der Waals surface area (Å²) in [6.45, 7) is 7.94. The number of nitrogens with zero attached hydrogens (tertiary/aromatic N) is 6. The van der Waals surface area contributed by atoms with E-state index in [0.29, 0.717) is 29.8 Å². The van der Waals surface area contributed by atoms with E-state index in [4.69, 9.17) is 37.4 Å². The van der Waals surface area contributed by atoms with Crippen LogP contribution < -0.4 is 9.64 Å². The number of aryl methyl sites for hydroxylation is 1. The molecule has 0 spiro atoms. The molecule has 3 aromatic carbocycles. The van der Waals surface area contributed by atoms with Crippen molar-refractivity contribution in [2.75, 3.05) is 44.3 Å². The molecule has 7 rings (SSSR count). The van der Waals surface area contributed by atoms with Gasteiger partial charge < -0.3 is 23.7 Å². The van der Waals surface area contributed by atoms with Crippen molar-refractivity contribution in [3.05, 3.63) is 125 Å². The summed E-state index contributed by atoms with van der Waals surface area (Å²) in [7, 11) is 0. The van der Waals surface area contributed by atoms with E-state index in [1.54, 1.807) is 24.7 Å². The van der Waals surface area contributed by atoms with Crippen molar-refractivity contribution >= 4 is 28.9 Å². The van der Waals surface area contributed by atoms with Crippen LogP contribution in [0.1, 0.15) is 16.8 Å². The fourth-order valence-electron chi connectivity index (χ4n) is 6.09. The van der Waals surface area contributed by atoms with Crippen molar-refractivity contribution in [1.82, 2.24) is 24.4 Å². The number of halogens is 2. The van der Waals surface area contributed by atoms with Crippen LogP contribution in [0.25, 0.3) is 11.4 Å².